The average Bonchev–Trinajstić information content (AvgIpc) is 2.62. The summed E-state index contributed by atoms with van der Waals surface area (Å²) in [4.78, 5) is 31.5. The molecule has 1 amide bonds. The Kier molecular flexibility index (Phi) is 4.79. The Morgan fingerprint density at radius 2 is 1.74 bits per heavy atom. The van der Waals surface area contributed by atoms with Crippen molar-refractivity contribution in [2.24, 2.45) is 5.92 Å². The smallest absolute Gasteiger partial charge is 0.354 e. The zero-order valence-corrected chi connectivity index (χ0v) is 13.3. The number of hydrogen-bond acceptors (Lipinski definition) is 4. The topological polar surface area (TPSA) is 73.7 Å². The first-order valence-electron chi connectivity index (χ1n) is 8.38. The molecule has 1 saturated carbocycles. The van der Waals surface area contributed by atoms with Gasteiger partial charge in [-0.2, -0.15) is 0 Å². The Hall–Kier alpha value is -2.11. The second-order valence-electron chi connectivity index (χ2n) is 6.35. The largest absolute Gasteiger partial charge is 0.477 e. The second-order valence-corrected chi connectivity index (χ2v) is 6.35. The van der Waals surface area contributed by atoms with E-state index in [4.69, 9.17) is 5.11 Å². The summed E-state index contributed by atoms with van der Waals surface area (Å²) in [6.07, 6.45) is 7.30. The zero-order valence-electron chi connectivity index (χ0n) is 13.3. The zero-order chi connectivity index (χ0) is 16.2. The summed E-state index contributed by atoms with van der Waals surface area (Å²) in [6, 6.07) is 3.31. The van der Waals surface area contributed by atoms with Crippen molar-refractivity contribution in [1.82, 2.24) is 9.88 Å². The summed E-state index contributed by atoms with van der Waals surface area (Å²) in [7, 11) is 0. The van der Waals surface area contributed by atoms with Gasteiger partial charge in [0.1, 0.15) is 5.69 Å². The minimum atomic E-state index is -1.01. The molecule has 1 aliphatic carbocycles. The van der Waals surface area contributed by atoms with Crippen molar-refractivity contribution >= 4 is 17.6 Å². The van der Waals surface area contributed by atoms with Gasteiger partial charge in [0.05, 0.1) is 11.9 Å². The molecule has 23 heavy (non-hydrogen) atoms. The molecule has 0 unspecified atom stereocenters. The van der Waals surface area contributed by atoms with Crippen LogP contribution in [0.25, 0.3) is 0 Å². The molecule has 1 aromatic rings. The molecular formula is C17H23N3O3. The lowest BCUT2D eigenvalue weighted by atomic mass is 9.88. The van der Waals surface area contributed by atoms with E-state index in [1.807, 2.05) is 4.90 Å². The fourth-order valence-corrected chi connectivity index (χ4v) is 3.49. The van der Waals surface area contributed by atoms with Crippen molar-refractivity contribution < 1.29 is 14.7 Å². The lowest BCUT2D eigenvalue weighted by Crippen LogP contribution is -2.50. The van der Waals surface area contributed by atoms with Crippen LogP contribution in [0.5, 0.6) is 0 Å². The number of hydrogen-bond donors (Lipinski definition) is 1. The van der Waals surface area contributed by atoms with Crippen LogP contribution in [0.2, 0.25) is 0 Å². The number of aromatic carboxylic acids is 1. The lowest BCUT2D eigenvalue weighted by Gasteiger charge is -2.38. The molecule has 1 aliphatic heterocycles. The van der Waals surface area contributed by atoms with Crippen molar-refractivity contribution in [1.29, 1.82) is 0 Å². The van der Waals surface area contributed by atoms with E-state index in [1.54, 1.807) is 12.3 Å². The molecule has 3 rings (SSSR count). The van der Waals surface area contributed by atoms with Gasteiger partial charge in [-0.1, -0.05) is 19.3 Å². The third-order valence-corrected chi connectivity index (χ3v) is 4.88. The number of nitrogens with zero attached hydrogens (tertiary/aromatic N) is 3. The average molecular weight is 317 g/mol. The molecule has 1 saturated heterocycles. The first kappa shape index (κ1) is 15.8. The molecule has 0 bridgehead atoms. The molecule has 1 aromatic heterocycles. The number of anilines is 1. The molecule has 2 aliphatic rings. The highest BCUT2D eigenvalue weighted by atomic mass is 16.4. The van der Waals surface area contributed by atoms with E-state index in [-0.39, 0.29) is 11.6 Å². The summed E-state index contributed by atoms with van der Waals surface area (Å²) < 4.78 is 0. The van der Waals surface area contributed by atoms with Crippen LogP contribution in [0.1, 0.15) is 42.6 Å². The first-order valence-corrected chi connectivity index (χ1v) is 8.38. The maximum atomic E-state index is 12.5. The van der Waals surface area contributed by atoms with E-state index < -0.39 is 5.97 Å². The van der Waals surface area contributed by atoms with Crippen molar-refractivity contribution in [3.63, 3.8) is 0 Å². The predicted octanol–water partition coefficient (Wildman–Crippen LogP) is 2.01. The number of pyridine rings is 1. The van der Waals surface area contributed by atoms with Gasteiger partial charge in [-0.25, -0.2) is 9.78 Å². The summed E-state index contributed by atoms with van der Waals surface area (Å²) in [5.41, 5.74) is 0.972. The minimum Gasteiger partial charge on any atom is -0.477 e. The number of amides is 1. The number of carboxylic acid groups (broad SMARTS) is 1. The Bertz CT molecular complexity index is 559. The fourth-order valence-electron chi connectivity index (χ4n) is 3.49. The second kappa shape index (κ2) is 6.98. The third kappa shape index (κ3) is 3.63. The number of aromatic nitrogens is 1. The van der Waals surface area contributed by atoms with E-state index in [0.717, 1.165) is 44.7 Å². The molecule has 0 aromatic carbocycles. The van der Waals surface area contributed by atoms with Crippen LogP contribution >= 0.6 is 0 Å². The van der Waals surface area contributed by atoms with E-state index in [0.29, 0.717) is 5.91 Å². The molecule has 6 nitrogen and oxygen atoms in total. The number of carbonyl (C=O) groups excluding carboxylic acids is 1. The van der Waals surface area contributed by atoms with Crippen LogP contribution in [0.4, 0.5) is 5.69 Å². The highest BCUT2D eigenvalue weighted by Crippen LogP contribution is 2.26. The Morgan fingerprint density at radius 3 is 2.30 bits per heavy atom. The molecule has 2 fully saturated rings. The van der Waals surface area contributed by atoms with Crippen LogP contribution < -0.4 is 4.90 Å². The number of rotatable bonds is 3. The van der Waals surface area contributed by atoms with Gasteiger partial charge in [0.25, 0.3) is 0 Å². The Balaban J connectivity index is 1.55. The third-order valence-electron chi connectivity index (χ3n) is 4.88. The summed E-state index contributed by atoms with van der Waals surface area (Å²) in [5.74, 6) is -0.463. The van der Waals surface area contributed by atoms with Gasteiger partial charge in [0.2, 0.25) is 5.91 Å². The SMILES string of the molecule is O=C(O)c1ccc(N2CCN(C(=O)C3CCCCC3)CC2)cn1. The summed E-state index contributed by atoms with van der Waals surface area (Å²) in [5, 5.41) is 8.89. The van der Waals surface area contributed by atoms with Crippen molar-refractivity contribution in [3.05, 3.63) is 24.0 Å². The molecular weight excluding hydrogens is 294 g/mol. The van der Waals surface area contributed by atoms with Crippen LogP contribution in [0.3, 0.4) is 0 Å². The van der Waals surface area contributed by atoms with Crippen LogP contribution in [-0.4, -0.2) is 53.0 Å². The normalized spacial score (nSPS) is 19.7. The minimum absolute atomic E-state index is 0.0554. The molecule has 1 N–H and O–H groups in total. The van der Waals surface area contributed by atoms with E-state index in [1.165, 1.54) is 25.3 Å². The van der Waals surface area contributed by atoms with Crippen molar-refractivity contribution in [3.8, 4) is 0 Å². The van der Waals surface area contributed by atoms with E-state index in [9.17, 15) is 9.59 Å². The van der Waals surface area contributed by atoms with Gasteiger partial charge in [0, 0.05) is 32.1 Å². The predicted molar refractivity (Wildman–Crippen MR) is 86.6 cm³/mol. The monoisotopic (exact) mass is 317 g/mol. The maximum Gasteiger partial charge on any atom is 0.354 e. The van der Waals surface area contributed by atoms with Crippen molar-refractivity contribution in [2.75, 3.05) is 31.1 Å². The van der Waals surface area contributed by atoms with Gasteiger partial charge in [0.15, 0.2) is 0 Å². The number of carbonyl (C=O) groups is 2. The lowest BCUT2D eigenvalue weighted by molar-refractivity contribution is -0.136. The standard InChI is InChI=1S/C17H23N3O3/c21-16(13-4-2-1-3-5-13)20-10-8-19(9-11-20)14-6-7-15(17(22)23)18-12-14/h6-7,12-13H,1-5,8-11H2,(H,22,23). The van der Waals surface area contributed by atoms with Gasteiger partial charge < -0.3 is 14.9 Å². The molecule has 0 atom stereocenters. The van der Waals surface area contributed by atoms with Crippen LogP contribution in [0.15, 0.2) is 18.3 Å². The molecule has 0 spiro atoms. The van der Waals surface area contributed by atoms with Gasteiger partial charge >= 0.3 is 5.97 Å². The molecule has 0 radical (unpaired) electrons. The Morgan fingerprint density at radius 1 is 1.04 bits per heavy atom. The molecule has 2 heterocycles. The quantitative estimate of drug-likeness (QED) is 0.923. The first-order chi connectivity index (χ1) is 11.1. The summed E-state index contributed by atoms with van der Waals surface area (Å²) >= 11 is 0. The molecule has 124 valence electrons. The van der Waals surface area contributed by atoms with Crippen LogP contribution in [0, 0.1) is 5.92 Å². The number of carboxylic acids is 1. The maximum absolute atomic E-state index is 12.5. The molecule has 6 heteroatoms. The van der Waals surface area contributed by atoms with E-state index >= 15 is 0 Å². The number of piperazine rings is 1. The highest BCUT2D eigenvalue weighted by Gasteiger charge is 2.28. The fraction of sp³-hybridized carbons (Fsp3) is 0.588. The van der Waals surface area contributed by atoms with Crippen LogP contribution in [-0.2, 0) is 4.79 Å². The Labute approximate surface area is 136 Å². The van der Waals surface area contributed by atoms with Gasteiger partial charge in [-0.3, -0.25) is 4.79 Å². The van der Waals surface area contributed by atoms with E-state index in [2.05, 4.69) is 9.88 Å². The highest BCUT2D eigenvalue weighted by molar-refractivity contribution is 5.85. The summed E-state index contributed by atoms with van der Waals surface area (Å²) in [6.45, 7) is 3.01. The van der Waals surface area contributed by atoms with Gasteiger partial charge in [-0.05, 0) is 25.0 Å². The van der Waals surface area contributed by atoms with Gasteiger partial charge in [-0.15, -0.1) is 0 Å². The van der Waals surface area contributed by atoms with Crippen molar-refractivity contribution in [2.45, 2.75) is 32.1 Å².